The van der Waals surface area contributed by atoms with E-state index in [1.807, 2.05) is 12.1 Å². The van der Waals surface area contributed by atoms with E-state index in [2.05, 4.69) is 19.2 Å². The lowest BCUT2D eigenvalue weighted by atomic mass is 10.0. The topological polar surface area (TPSA) is 89.5 Å². The molecule has 0 unspecified atom stereocenters. The Hall–Kier alpha value is -1.89. The second kappa shape index (κ2) is 7.99. The molecular formula is C18H25NO5S. The van der Waals surface area contributed by atoms with Crippen LogP contribution in [0, 0.1) is 5.92 Å². The van der Waals surface area contributed by atoms with Crippen LogP contribution in [0.2, 0.25) is 0 Å². The van der Waals surface area contributed by atoms with E-state index in [4.69, 9.17) is 4.74 Å². The molecule has 0 aromatic heterocycles. The first-order chi connectivity index (χ1) is 11.7. The van der Waals surface area contributed by atoms with Crippen molar-refractivity contribution in [3.8, 4) is 0 Å². The molecule has 1 aromatic rings. The summed E-state index contributed by atoms with van der Waals surface area (Å²) in [5.74, 6) is -0.503. The average Bonchev–Trinajstić information content (AvgIpc) is 2.86. The number of hydrogen-bond donors (Lipinski definition) is 1. The van der Waals surface area contributed by atoms with Crippen LogP contribution in [-0.2, 0) is 25.8 Å². The van der Waals surface area contributed by atoms with Crippen LogP contribution in [0.4, 0.5) is 0 Å². The maximum Gasteiger partial charge on any atom is 0.338 e. The van der Waals surface area contributed by atoms with Crippen molar-refractivity contribution >= 4 is 21.7 Å². The lowest BCUT2D eigenvalue weighted by Crippen LogP contribution is -2.42. The zero-order valence-corrected chi connectivity index (χ0v) is 15.6. The standard InChI is InChI=1S/C18H25NO5S/c1-12(2)10-14-4-6-15(7-5-14)18(21)24-13(3)17(20)19-16-8-9-25(22,23)11-16/h4-7,12-13,16H,8-11H2,1-3H3,(H,19,20)/t13-,16-/m1/s1. The minimum atomic E-state index is -3.07. The number of carbonyl (C=O) groups excluding carboxylic acids is 2. The van der Waals surface area contributed by atoms with E-state index in [1.165, 1.54) is 6.92 Å². The first kappa shape index (κ1) is 19.4. The van der Waals surface area contributed by atoms with Crippen molar-refractivity contribution < 1.29 is 22.7 Å². The number of sulfone groups is 1. The Morgan fingerprint density at radius 1 is 1.20 bits per heavy atom. The predicted octanol–water partition coefficient (Wildman–Crippen LogP) is 1.73. The molecule has 1 aromatic carbocycles. The molecule has 7 heteroatoms. The van der Waals surface area contributed by atoms with Gasteiger partial charge in [-0.2, -0.15) is 0 Å². The van der Waals surface area contributed by atoms with Gasteiger partial charge in [0.25, 0.3) is 5.91 Å². The summed E-state index contributed by atoms with van der Waals surface area (Å²) in [5.41, 5.74) is 1.52. The molecule has 138 valence electrons. The molecule has 1 fully saturated rings. The summed E-state index contributed by atoms with van der Waals surface area (Å²) in [6.45, 7) is 5.72. The Kier molecular flexibility index (Phi) is 6.21. The van der Waals surface area contributed by atoms with Gasteiger partial charge in [-0.15, -0.1) is 0 Å². The molecule has 1 amide bonds. The lowest BCUT2D eigenvalue weighted by molar-refractivity contribution is -0.129. The highest BCUT2D eigenvalue weighted by atomic mass is 32.2. The molecular weight excluding hydrogens is 342 g/mol. The highest BCUT2D eigenvalue weighted by Crippen LogP contribution is 2.13. The largest absolute Gasteiger partial charge is 0.449 e. The van der Waals surface area contributed by atoms with Crippen molar-refractivity contribution in [3.05, 3.63) is 35.4 Å². The highest BCUT2D eigenvalue weighted by molar-refractivity contribution is 7.91. The Bertz CT molecular complexity index is 724. The number of rotatable bonds is 6. The summed E-state index contributed by atoms with van der Waals surface area (Å²) in [6, 6.07) is 6.73. The molecule has 25 heavy (non-hydrogen) atoms. The second-order valence-electron chi connectivity index (χ2n) is 6.95. The average molecular weight is 367 g/mol. The van der Waals surface area contributed by atoms with Crippen LogP contribution in [0.3, 0.4) is 0 Å². The fourth-order valence-electron chi connectivity index (χ4n) is 2.76. The van der Waals surface area contributed by atoms with E-state index >= 15 is 0 Å². The SMILES string of the molecule is CC(C)Cc1ccc(C(=O)O[C@H](C)C(=O)N[C@@H]2CCS(=O)(=O)C2)cc1. The normalized spacial score (nSPS) is 20.2. The Labute approximate surface area is 148 Å². The van der Waals surface area contributed by atoms with Crippen LogP contribution in [0.15, 0.2) is 24.3 Å². The molecule has 1 heterocycles. The second-order valence-corrected chi connectivity index (χ2v) is 9.18. The number of benzene rings is 1. The van der Waals surface area contributed by atoms with Gasteiger partial charge < -0.3 is 10.1 Å². The first-order valence-electron chi connectivity index (χ1n) is 8.47. The summed E-state index contributed by atoms with van der Waals surface area (Å²) in [7, 11) is -3.07. The summed E-state index contributed by atoms with van der Waals surface area (Å²) >= 11 is 0. The van der Waals surface area contributed by atoms with E-state index in [0.29, 0.717) is 17.9 Å². The van der Waals surface area contributed by atoms with Gasteiger partial charge in [-0.3, -0.25) is 4.79 Å². The number of esters is 1. The zero-order valence-electron chi connectivity index (χ0n) is 14.8. The molecule has 1 aliphatic rings. The van der Waals surface area contributed by atoms with Gasteiger partial charge >= 0.3 is 5.97 Å². The van der Waals surface area contributed by atoms with Crippen LogP contribution >= 0.6 is 0 Å². The molecule has 0 spiro atoms. The predicted molar refractivity (Wildman–Crippen MR) is 95.1 cm³/mol. The third-order valence-corrected chi connectivity index (χ3v) is 5.83. The van der Waals surface area contributed by atoms with Crippen molar-refractivity contribution in [2.45, 2.75) is 45.8 Å². The van der Waals surface area contributed by atoms with Crippen LogP contribution < -0.4 is 5.32 Å². The van der Waals surface area contributed by atoms with Crippen LogP contribution in [0.1, 0.15) is 43.1 Å². The van der Waals surface area contributed by atoms with Crippen LogP contribution in [0.25, 0.3) is 0 Å². The van der Waals surface area contributed by atoms with Crippen molar-refractivity contribution in [1.29, 1.82) is 0 Å². The van der Waals surface area contributed by atoms with Gasteiger partial charge in [0.05, 0.1) is 17.1 Å². The fraction of sp³-hybridized carbons (Fsp3) is 0.556. The molecule has 0 saturated carbocycles. The minimum absolute atomic E-state index is 0.0588. The van der Waals surface area contributed by atoms with Gasteiger partial charge in [0.15, 0.2) is 15.9 Å². The lowest BCUT2D eigenvalue weighted by Gasteiger charge is -2.16. The molecule has 1 saturated heterocycles. The van der Waals surface area contributed by atoms with E-state index in [0.717, 1.165) is 12.0 Å². The van der Waals surface area contributed by atoms with Crippen molar-refractivity contribution in [3.63, 3.8) is 0 Å². The van der Waals surface area contributed by atoms with Crippen molar-refractivity contribution in [1.82, 2.24) is 5.32 Å². The summed E-state index contributed by atoms with van der Waals surface area (Å²) < 4.78 is 28.0. The number of ether oxygens (including phenoxy) is 1. The van der Waals surface area contributed by atoms with Gasteiger partial charge in [0, 0.05) is 6.04 Å². The van der Waals surface area contributed by atoms with Crippen LogP contribution in [-0.4, -0.2) is 43.9 Å². The van der Waals surface area contributed by atoms with Crippen molar-refractivity contribution in [2.75, 3.05) is 11.5 Å². The highest BCUT2D eigenvalue weighted by Gasteiger charge is 2.30. The molecule has 2 atom stereocenters. The molecule has 0 aliphatic carbocycles. The monoisotopic (exact) mass is 367 g/mol. The number of hydrogen-bond acceptors (Lipinski definition) is 5. The number of amides is 1. The minimum Gasteiger partial charge on any atom is -0.449 e. The molecule has 1 aliphatic heterocycles. The quantitative estimate of drug-likeness (QED) is 0.774. The van der Waals surface area contributed by atoms with E-state index in [-0.39, 0.29) is 11.5 Å². The third kappa shape index (κ3) is 5.85. The van der Waals surface area contributed by atoms with Crippen LogP contribution in [0.5, 0.6) is 0 Å². The Balaban J connectivity index is 1.87. The van der Waals surface area contributed by atoms with Gasteiger partial charge in [-0.25, -0.2) is 13.2 Å². The Morgan fingerprint density at radius 2 is 1.84 bits per heavy atom. The van der Waals surface area contributed by atoms with Gasteiger partial charge in [-0.05, 0) is 43.4 Å². The molecule has 1 N–H and O–H groups in total. The first-order valence-corrected chi connectivity index (χ1v) is 10.3. The maximum absolute atomic E-state index is 12.1. The molecule has 6 nitrogen and oxygen atoms in total. The van der Waals surface area contributed by atoms with Gasteiger partial charge in [0.2, 0.25) is 0 Å². The zero-order chi connectivity index (χ0) is 18.6. The summed E-state index contributed by atoms with van der Waals surface area (Å²) in [5, 5.41) is 2.63. The van der Waals surface area contributed by atoms with Gasteiger partial charge in [-0.1, -0.05) is 26.0 Å². The maximum atomic E-state index is 12.1. The van der Waals surface area contributed by atoms with E-state index in [1.54, 1.807) is 12.1 Å². The molecule has 0 bridgehead atoms. The molecule has 2 rings (SSSR count). The van der Waals surface area contributed by atoms with Gasteiger partial charge in [0.1, 0.15) is 0 Å². The number of carbonyl (C=O) groups is 2. The summed E-state index contributed by atoms with van der Waals surface area (Å²) in [4.78, 5) is 24.2. The number of nitrogens with one attached hydrogen (secondary N) is 1. The summed E-state index contributed by atoms with van der Waals surface area (Å²) in [6.07, 6.45) is 0.343. The van der Waals surface area contributed by atoms with E-state index in [9.17, 15) is 18.0 Å². The fourth-order valence-corrected chi connectivity index (χ4v) is 4.43. The van der Waals surface area contributed by atoms with Crippen molar-refractivity contribution in [2.24, 2.45) is 5.92 Å². The smallest absolute Gasteiger partial charge is 0.338 e. The Morgan fingerprint density at radius 3 is 2.36 bits per heavy atom. The molecule has 0 radical (unpaired) electrons. The third-order valence-electron chi connectivity index (χ3n) is 4.07. The van der Waals surface area contributed by atoms with E-state index < -0.39 is 33.9 Å².